The minimum Gasteiger partial charge on any atom is -0.483 e. The van der Waals surface area contributed by atoms with Crippen LogP contribution in [0.3, 0.4) is 0 Å². The summed E-state index contributed by atoms with van der Waals surface area (Å²) in [6.45, 7) is 1.48. The number of halogens is 1. The molecule has 0 saturated heterocycles. The van der Waals surface area contributed by atoms with Crippen LogP contribution < -0.4 is 20.9 Å². The monoisotopic (exact) mass is 422 g/mol. The summed E-state index contributed by atoms with van der Waals surface area (Å²) in [7, 11) is 0. The van der Waals surface area contributed by atoms with E-state index in [4.69, 9.17) is 28.6 Å². The lowest BCUT2D eigenvalue weighted by molar-refractivity contribution is -0.384. The molecule has 0 aliphatic rings. The van der Waals surface area contributed by atoms with Gasteiger partial charge in [0.15, 0.2) is 11.7 Å². The van der Waals surface area contributed by atoms with E-state index in [0.717, 1.165) is 11.6 Å². The van der Waals surface area contributed by atoms with Crippen molar-refractivity contribution in [2.24, 2.45) is 0 Å². The number of amides is 2. The molecular weight excluding hydrogens is 408 g/mol. The van der Waals surface area contributed by atoms with Gasteiger partial charge < -0.3 is 4.74 Å². The number of hydrogen-bond donors (Lipinski definition) is 3. The van der Waals surface area contributed by atoms with Gasteiger partial charge in [-0.2, -0.15) is 0 Å². The van der Waals surface area contributed by atoms with Crippen LogP contribution in [0.5, 0.6) is 5.75 Å². The average molecular weight is 423 g/mol. The molecule has 0 heterocycles. The van der Waals surface area contributed by atoms with Crippen LogP contribution in [0, 0.1) is 17.0 Å². The first kappa shape index (κ1) is 21.1. The van der Waals surface area contributed by atoms with Crippen LogP contribution in [0.15, 0.2) is 42.5 Å². The maximum Gasteiger partial charge on any atom is 0.270 e. The predicted molar refractivity (Wildman–Crippen MR) is 106 cm³/mol. The molecule has 0 aliphatic heterocycles. The van der Waals surface area contributed by atoms with Crippen molar-refractivity contribution in [3.63, 3.8) is 0 Å². The number of ether oxygens (including phenoxy) is 1. The molecule has 0 aliphatic carbocycles. The number of thiocarbonyl (C=S) groups is 1. The number of nitrogens with one attached hydrogen (secondary N) is 3. The molecule has 2 aromatic carbocycles. The van der Waals surface area contributed by atoms with E-state index in [2.05, 4.69) is 16.2 Å². The first-order valence-corrected chi connectivity index (χ1v) is 8.58. The number of nitrogens with zero attached hydrogens (tertiary/aromatic N) is 1. The Kier molecular flexibility index (Phi) is 7.24. The first-order chi connectivity index (χ1) is 13.3. The van der Waals surface area contributed by atoms with E-state index >= 15 is 0 Å². The number of benzene rings is 2. The molecule has 0 radical (unpaired) electrons. The Bertz CT molecular complexity index is 938. The Morgan fingerprint density at radius 2 is 1.96 bits per heavy atom. The van der Waals surface area contributed by atoms with E-state index in [0.29, 0.717) is 10.8 Å². The van der Waals surface area contributed by atoms with Crippen molar-refractivity contribution in [3.8, 4) is 5.75 Å². The number of rotatable bonds is 5. The second kappa shape index (κ2) is 9.62. The highest BCUT2D eigenvalue weighted by atomic mass is 35.5. The van der Waals surface area contributed by atoms with Gasteiger partial charge in [-0.25, -0.2) is 0 Å². The van der Waals surface area contributed by atoms with Gasteiger partial charge in [-0.3, -0.25) is 35.9 Å². The molecule has 0 aromatic heterocycles. The number of nitro benzene ring substituents is 1. The fraction of sp³-hybridized carbons (Fsp3) is 0.118. The molecule has 11 heteroatoms. The van der Waals surface area contributed by atoms with Crippen molar-refractivity contribution in [2.45, 2.75) is 6.92 Å². The highest BCUT2D eigenvalue weighted by Gasteiger charge is 2.12. The molecule has 2 aromatic rings. The lowest BCUT2D eigenvalue weighted by Gasteiger charge is -2.12. The number of hydrogen-bond acceptors (Lipinski definition) is 6. The molecule has 0 saturated carbocycles. The van der Waals surface area contributed by atoms with Gasteiger partial charge in [-0.1, -0.05) is 17.7 Å². The Hall–Kier alpha value is -3.24. The van der Waals surface area contributed by atoms with Crippen LogP contribution in [0.1, 0.15) is 15.9 Å². The Balaban J connectivity index is 1.80. The number of carbonyl (C=O) groups is 2. The highest BCUT2D eigenvalue weighted by molar-refractivity contribution is 7.80. The van der Waals surface area contributed by atoms with Crippen LogP contribution in [0.4, 0.5) is 5.69 Å². The standard InChI is InChI=1S/C17H15ClN4O5S/c1-10-7-12(18)5-6-14(10)27-9-15(23)19-17(28)21-20-16(24)11-3-2-4-13(8-11)22(25)26/h2-8H,9H2,1H3,(H,20,24)(H2,19,21,23,28). The summed E-state index contributed by atoms with van der Waals surface area (Å²) in [5.41, 5.74) is 5.17. The van der Waals surface area contributed by atoms with Crippen molar-refractivity contribution in [2.75, 3.05) is 6.61 Å². The third kappa shape index (κ3) is 6.18. The number of aryl methyl sites for hydroxylation is 1. The average Bonchev–Trinajstić information content (AvgIpc) is 2.65. The SMILES string of the molecule is Cc1cc(Cl)ccc1OCC(=O)NC(=S)NNC(=O)c1cccc([N+](=O)[O-])c1. The lowest BCUT2D eigenvalue weighted by Crippen LogP contribution is -2.49. The molecule has 0 atom stereocenters. The lowest BCUT2D eigenvalue weighted by atomic mass is 10.2. The fourth-order valence-corrected chi connectivity index (χ4v) is 2.45. The Morgan fingerprint density at radius 1 is 1.21 bits per heavy atom. The van der Waals surface area contributed by atoms with Crippen molar-refractivity contribution in [1.29, 1.82) is 0 Å². The summed E-state index contributed by atoms with van der Waals surface area (Å²) >= 11 is 10.7. The molecule has 146 valence electrons. The van der Waals surface area contributed by atoms with Crippen LogP contribution in [-0.4, -0.2) is 28.5 Å². The molecule has 2 amide bonds. The van der Waals surface area contributed by atoms with E-state index in [1.165, 1.54) is 18.2 Å². The zero-order valence-electron chi connectivity index (χ0n) is 14.5. The normalized spacial score (nSPS) is 9.93. The smallest absolute Gasteiger partial charge is 0.270 e. The third-order valence-corrected chi connectivity index (χ3v) is 3.80. The number of carbonyl (C=O) groups excluding carboxylic acids is 2. The molecule has 0 spiro atoms. The second-order valence-corrected chi connectivity index (χ2v) is 6.31. The van der Waals surface area contributed by atoms with E-state index in [1.807, 2.05) is 0 Å². The van der Waals surface area contributed by atoms with Gasteiger partial charge in [0, 0.05) is 22.7 Å². The minimum absolute atomic E-state index is 0.0531. The highest BCUT2D eigenvalue weighted by Crippen LogP contribution is 2.21. The zero-order valence-corrected chi connectivity index (χ0v) is 16.1. The molecule has 28 heavy (non-hydrogen) atoms. The quantitative estimate of drug-likeness (QED) is 0.383. The van der Waals surface area contributed by atoms with Gasteiger partial charge in [-0.05, 0) is 49.0 Å². The van der Waals surface area contributed by atoms with Gasteiger partial charge >= 0.3 is 0 Å². The molecule has 9 nitrogen and oxygen atoms in total. The van der Waals surface area contributed by atoms with Crippen LogP contribution >= 0.6 is 23.8 Å². The fourth-order valence-electron chi connectivity index (χ4n) is 2.06. The van der Waals surface area contributed by atoms with Gasteiger partial charge in [0.1, 0.15) is 5.75 Å². The number of hydrazine groups is 1. The van der Waals surface area contributed by atoms with Gasteiger partial charge in [0.25, 0.3) is 17.5 Å². The minimum atomic E-state index is -0.659. The zero-order chi connectivity index (χ0) is 20.7. The van der Waals surface area contributed by atoms with Crippen molar-refractivity contribution in [1.82, 2.24) is 16.2 Å². The van der Waals surface area contributed by atoms with Crippen LogP contribution in [-0.2, 0) is 4.79 Å². The molecule has 3 N–H and O–H groups in total. The summed E-state index contributed by atoms with van der Waals surface area (Å²) in [6.07, 6.45) is 0. The summed E-state index contributed by atoms with van der Waals surface area (Å²) in [5, 5.41) is 13.4. The molecule has 2 rings (SSSR count). The summed E-state index contributed by atoms with van der Waals surface area (Å²) in [5.74, 6) is -0.706. The van der Waals surface area contributed by atoms with E-state index in [-0.39, 0.29) is 23.0 Å². The maximum absolute atomic E-state index is 12.0. The Labute approximate surface area is 170 Å². The second-order valence-electron chi connectivity index (χ2n) is 5.46. The van der Waals surface area contributed by atoms with E-state index < -0.39 is 16.7 Å². The Morgan fingerprint density at radius 3 is 2.64 bits per heavy atom. The number of nitro groups is 1. The van der Waals surface area contributed by atoms with Crippen molar-refractivity contribution < 1.29 is 19.2 Å². The third-order valence-electron chi connectivity index (χ3n) is 3.36. The first-order valence-electron chi connectivity index (χ1n) is 7.80. The topological polar surface area (TPSA) is 123 Å². The summed E-state index contributed by atoms with van der Waals surface area (Å²) in [6, 6.07) is 10.1. The number of non-ortho nitro benzene ring substituents is 1. The maximum atomic E-state index is 12.0. The summed E-state index contributed by atoms with van der Waals surface area (Å²) in [4.78, 5) is 34.0. The molecule has 0 bridgehead atoms. The van der Waals surface area contributed by atoms with Crippen molar-refractivity contribution >= 4 is 46.4 Å². The van der Waals surface area contributed by atoms with Crippen LogP contribution in [0.2, 0.25) is 5.02 Å². The van der Waals surface area contributed by atoms with Crippen molar-refractivity contribution in [3.05, 3.63) is 68.7 Å². The molecule has 0 fully saturated rings. The predicted octanol–water partition coefficient (Wildman–Crippen LogP) is 2.27. The van der Waals surface area contributed by atoms with E-state index in [9.17, 15) is 19.7 Å². The van der Waals surface area contributed by atoms with E-state index in [1.54, 1.807) is 25.1 Å². The van der Waals surface area contributed by atoms with Gasteiger partial charge in [-0.15, -0.1) is 0 Å². The molecule has 0 unspecified atom stereocenters. The van der Waals surface area contributed by atoms with Gasteiger partial charge in [0.2, 0.25) is 0 Å². The largest absolute Gasteiger partial charge is 0.483 e. The van der Waals surface area contributed by atoms with Crippen LogP contribution in [0.25, 0.3) is 0 Å². The summed E-state index contributed by atoms with van der Waals surface area (Å²) < 4.78 is 5.38. The molecular formula is C17H15ClN4O5S. The van der Waals surface area contributed by atoms with Gasteiger partial charge in [0.05, 0.1) is 4.92 Å².